The fourth-order valence-corrected chi connectivity index (χ4v) is 5.92. The Morgan fingerprint density at radius 1 is 1.15 bits per heavy atom. The molecule has 138 valence electrons. The second-order valence-electron chi connectivity index (χ2n) is 5.46. The Balaban J connectivity index is 2.03. The second kappa shape index (κ2) is 8.63. The van der Waals surface area contributed by atoms with Crippen LogP contribution >= 0.6 is 34.9 Å². The molecule has 1 unspecified atom stereocenters. The third-order valence-corrected chi connectivity index (χ3v) is 7.41. The molecule has 0 radical (unpaired) electrons. The lowest BCUT2D eigenvalue weighted by atomic mass is 10.2. The van der Waals surface area contributed by atoms with Gasteiger partial charge in [-0.3, -0.25) is 4.57 Å². The lowest BCUT2D eigenvalue weighted by Crippen LogP contribution is -2.15. The van der Waals surface area contributed by atoms with Crippen LogP contribution in [0.25, 0.3) is 10.2 Å². The van der Waals surface area contributed by atoms with Crippen molar-refractivity contribution >= 4 is 50.2 Å². The van der Waals surface area contributed by atoms with Crippen LogP contribution in [0.15, 0.2) is 53.0 Å². The standard InChI is InChI=1S/C18H20BrN2O3PS/c1-3-23-25(22,24-4-2)17(13-8-7-9-14(19)12-13)21-18-20-15-10-5-6-11-16(15)26-18/h5-12,17H,3-4H2,1-2H3,(H,20,21). The van der Waals surface area contributed by atoms with Crippen molar-refractivity contribution in [1.82, 2.24) is 4.98 Å². The maximum absolute atomic E-state index is 13.5. The van der Waals surface area contributed by atoms with Crippen molar-refractivity contribution in [2.45, 2.75) is 19.6 Å². The number of para-hydroxylation sites is 1. The number of aromatic nitrogens is 1. The van der Waals surface area contributed by atoms with Gasteiger partial charge < -0.3 is 14.4 Å². The fraction of sp³-hybridized carbons (Fsp3) is 0.278. The van der Waals surface area contributed by atoms with Crippen LogP contribution < -0.4 is 5.32 Å². The first-order valence-corrected chi connectivity index (χ1v) is 11.5. The molecule has 8 heteroatoms. The number of benzene rings is 2. The summed E-state index contributed by atoms with van der Waals surface area (Å²) in [6.07, 6.45) is 0. The highest BCUT2D eigenvalue weighted by atomic mass is 79.9. The summed E-state index contributed by atoms with van der Waals surface area (Å²) in [5.74, 6) is -0.652. The van der Waals surface area contributed by atoms with E-state index in [2.05, 4.69) is 26.2 Å². The molecule has 0 fully saturated rings. The van der Waals surface area contributed by atoms with Crippen LogP contribution in [0, 0.1) is 0 Å². The number of halogens is 1. The topological polar surface area (TPSA) is 60.5 Å². The Hall–Kier alpha value is -1.24. The van der Waals surface area contributed by atoms with Gasteiger partial charge in [-0.15, -0.1) is 0 Å². The van der Waals surface area contributed by atoms with Crippen LogP contribution in [-0.4, -0.2) is 18.2 Å². The second-order valence-corrected chi connectivity index (χ2v) is 9.52. The molecule has 0 spiro atoms. The van der Waals surface area contributed by atoms with Crippen molar-refractivity contribution in [1.29, 1.82) is 0 Å². The van der Waals surface area contributed by atoms with Gasteiger partial charge in [0.2, 0.25) is 0 Å². The number of nitrogens with zero attached hydrogens (tertiary/aromatic N) is 1. The number of anilines is 1. The highest BCUT2D eigenvalue weighted by Crippen LogP contribution is 2.61. The van der Waals surface area contributed by atoms with Gasteiger partial charge in [0.05, 0.1) is 23.4 Å². The first-order chi connectivity index (χ1) is 12.6. The Labute approximate surface area is 165 Å². The Kier molecular flexibility index (Phi) is 6.48. The Morgan fingerprint density at radius 2 is 1.88 bits per heavy atom. The van der Waals surface area contributed by atoms with Gasteiger partial charge in [0, 0.05) is 4.47 Å². The molecule has 1 aromatic heterocycles. The molecule has 1 atom stereocenters. The zero-order valence-electron chi connectivity index (χ0n) is 14.5. The molecule has 0 aliphatic heterocycles. The molecule has 0 bridgehead atoms. The van der Waals surface area contributed by atoms with Crippen molar-refractivity contribution in [3.63, 3.8) is 0 Å². The fourth-order valence-electron chi connectivity index (χ4n) is 2.62. The number of rotatable bonds is 8. The molecule has 0 amide bonds. The number of nitrogens with one attached hydrogen (secondary N) is 1. The molecule has 0 aliphatic rings. The van der Waals surface area contributed by atoms with E-state index in [9.17, 15) is 4.57 Å². The SMILES string of the molecule is CCOP(=O)(OCC)C(Nc1nc2ccccc2s1)c1cccc(Br)c1. The van der Waals surface area contributed by atoms with Gasteiger partial charge in [0.15, 0.2) is 10.9 Å². The van der Waals surface area contributed by atoms with Crippen LogP contribution in [0.5, 0.6) is 0 Å². The zero-order valence-corrected chi connectivity index (χ0v) is 17.8. The molecule has 26 heavy (non-hydrogen) atoms. The highest BCUT2D eigenvalue weighted by molar-refractivity contribution is 9.10. The van der Waals surface area contributed by atoms with Gasteiger partial charge in [0.1, 0.15) is 0 Å². The van der Waals surface area contributed by atoms with Crippen LogP contribution in [0.2, 0.25) is 0 Å². The zero-order chi connectivity index (χ0) is 18.6. The van der Waals surface area contributed by atoms with Crippen molar-refractivity contribution < 1.29 is 13.6 Å². The van der Waals surface area contributed by atoms with Gasteiger partial charge in [-0.25, -0.2) is 4.98 Å². The summed E-state index contributed by atoms with van der Waals surface area (Å²) in [6.45, 7) is 4.20. The number of thiazole rings is 1. The molecule has 2 aromatic carbocycles. The van der Waals surface area contributed by atoms with Gasteiger partial charge in [-0.2, -0.15) is 0 Å². The minimum Gasteiger partial charge on any atom is -0.344 e. The van der Waals surface area contributed by atoms with E-state index in [0.717, 1.165) is 20.3 Å². The van der Waals surface area contributed by atoms with E-state index in [-0.39, 0.29) is 0 Å². The van der Waals surface area contributed by atoms with E-state index in [4.69, 9.17) is 9.05 Å². The molecule has 1 N–H and O–H groups in total. The van der Waals surface area contributed by atoms with Crippen molar-refractivity contribution in [2.24, 2.45) is 0 Å². The molecule has 0 saturated heterocycles. The summed E-state index contributed by atoms with van der Waals surface area (Å²) in [4.78, 5) is 4.60. The van der Waals surface area contributed by atoms with E-state index >= 15 is 0 Å². The minimum atomic E-state index is -3.45. The van der Waals surface area contributed by atoms with E-state index < -0.39 is 13.4 Å². The normalized spacial score (nSPS) is 13.0. The van der Waals surface area contributed by atoms with Gasteiger partial charge >= 0.3 is 7.60 Å². The molecule has 5 nitrogen and oxygen atoms in total. The Morgan fingerprint density at radius 3 is 2.54 bits per heavy atom. The predicted molar refractivity (Wildman–Crippen MR) is 111 cm³/mol. The molecule has 0 aliphatic carbocycles. The molecule has 0 saturated carbocycles. The molecule has 3 aromatic rings. The first kappa shape index (κ1) is 19.5. The van der Waals surface area contributed by atoms with E-state index in [1.54, 1.807) is 13.8 Å². The minimum absolute atomic E-state index is 0.295. The predicted octanol–water partition coefficient (Wildman–Crippen LogP) is 6.44. The third-order valence-electron chi connectivity index (χ3n) is 3.65. The van der Waals surface area contributed by atoms with Crippen LogP contribution in [-0.2, 0) is 13.6 Å². The number of hydrogen-bond acceptors (Lipinski definition) is 6. The quantitative estimate of drug-likeness (QED) is 0.397. The third kappa shape index (κ3) is 4.35. The van der Waals surface area contributed by atoms with E-state index in [1.807, 2.05) is 48.5 Å². The van der Waals surface area contributed by atoms with Crippen LogP contribution in [0.4, 0.5) is 5.13 Å². The first-order valence-electron chi connectivity index (χ1n) is 8.32. The number of fused-ring (bicyclic) bond motifs is 1. The maximum Gasteiger partial charge on any atom is 0.357 e. The average molecular weight is 455 g/mol. The van der Waals surface area contributed by atoms with Gasteiger partial charge in [-0.05, 0) is 43.7 Å². The maximum atomic E-state index is 13.5. The van der Waals surface area contributed by atoms with Crippen molar-refractivity contribution in [3.05, 3.63) is 58.6 Å². The van der Waals surface area contributed by atoms with Crippen LogP contribution in [0.1, 0.15) is 25.2 Å². The summed E-state index contributed by atoms with van der Waals surface area (Å²) < 4.78 is 26.7. The van der Waals surface area contributed by atoms with E-state index in [0.29, 0.717) is 18.3 Å². The largest absolute Gasteiger partial charge is 0.357 e. The van der Waals surface area contributed by atoms with Gasteiger partial charge in [-0.1, -0.05) is 51.5 Å². The molecule has 1 heterocycles. The lowest BCUT2D eigenvalue weighted by Gasteiger charge is -2.27. The van der Waals surface area contributed by atoms with Crippen LogP contribution in [0.3, 0.4) is 0 Å². The molecule has 3 rings (SSSR count). The Bertz CT molecular complexity index is 890. The summed E-state index contributed by atoms with van der Waals surface area (Å²) in [6, 6.07) is 15.5. The summed E-state index contributed by atoms with van der Waals surface area (Å²) in [5, 5.41) is 3.97. The van der Waals surface area contributed by atoms with Crippen molar-refractivity contribution in [3.8, 4) is 0 Å². The monoisotopic (exact) mass is 454 g/mol. The van der Waals surface area contributed by atoms with Gasteiger partial charge in [0.25, 0.3) is 0 Å². The molecular formula is C18H20BrN2O3PS. The smallest absolute Gasteiger partial charge is 0.344 e. The summed E-state index contributed by atoms with van der Waals surface area (Å²) in [5.41, 5.74) is 1.71. The highest BCUT2D eigenvalue weighted by Gasteiger charge is 2.37. The summed E-state index contributed by atoms with van der Waals surface area (Å²) >= 11 is 4.99. The average Bonchev–Trinajstić information content (AvgIpc) is 3.02. The molecular weight excluding hydrogens is 435 g/mol. The number of hydrogen-bond donors (Lipinski definition) is 1. The lowest BCUT2D eigenvalue weighted by molar-refractivity contribution is 0.214. The van der Waals surface area contributed by atoms with E-state index in [1.165, 1.54) is 11.3 Å². The summed E-state index contributed by atoms with van der Waals surface area (Å²) in [7, 11) is -3.45. The van der Waals surface area contributed by atoms with Crippen molar-refractivity contribution in [2.75, 3.05) is 18.5 Å².